The van der Waals surface area contributed by atoms with Crippen LogP contribution in [0, 0.1) is 6.92 Å². The van der Waals surface area contributed by atoms with Gasteiger partial charge in [-0.1, -0.05) is 15.9 Å². The summed E-state index contributed by atoms with van der Waals surface area (Å²) >= 11 is 3.42. The number of hydrogen-bond acceptors (Lipinski definition) is 2. The van der Waals surface area contributed by atoms with Gasteiger partial charge in [-0.25, -0.2) is 4.98 Å². The van der Waals surface area contributed by atoms with Crippen LogP contribution in [0.25, 0.3) is 11.0 Å². The predicted molar refractivity (Wildman–Crippen MR) is 78.3 cm³/mol. The smallest absolute Gasteiger partial charge is 0.338 e. The third-order valence-electron chi connectivity index (χ3n) is 3.81. The molecular formula is C14H13BrF3N3O. The highest BCUT2D eigenvalue weighted by Gasteiger charge is 2.41. The van der Waals surface area contributed by atoms with Crippen molar-refractivity contribution in [2.45, 2.75) is 38.5 Å². The summed E-state index contributed by atoms with van der Waals surface area (Å²) in [4.78, 5) is 15.6. The fourth-order valence-corrected chi connectivity index (χ4v) is 3.06. The van der Waals surface area contributed by atoms with Crippen molar-refractivity contribution in [3.63, 3.8) is 0 Å². The van der Waals surface area contributed by atoms with Gasteiger partial charge in [0.2, 0.25) is 0 Å². The number of fused-ring (bicyclic) bond motifs is 3. The van der Waals surface area contributed by atoms with E-state index in [0.29, 0.717) is 30.7 Å². The van der Waals surface area contributed by atoms with E-state index >= 15 is 0 Å². The topological polar surface area (TPSA) is 46.9 Å². The molecule has 118 valence electrons. The van der Waals surface area contributed by atoms with Gasteiger partial charge in [0.25, 0.3) is 0 Å². The van der Waals surface area contributed by atoms with Crippen molar-refractivity contribution < 1.29 is 18.0 Å². The van der Waals surface area contributed by atoms with Gasteiger partial charge in [0.15, 0.2) is 0 Å². The summed E-state index contributed by atoms with van der Waals surface area (Å²) in [6.45, 7) is 2.63. The Morgan fingerprint density at radius 1 is 1.45 bits per heavy atom. The quantitative estimate of drug-likeness (QED) is 0.827. The molecule has 1 aliphatic rings. The zero-order valence-corrected chi connectivity index (χ0v) is 13.3. The highest BCUT2D eigenvalue weighted by Crippen LogP contribution is 2.32. The SMILES string of the molecule is Cc1cc2c(cc1Br)nc1n2CCC[C@H]1NC(=O)C(F)(F)F. The molecule has 0 saturated carbocycles. The van der Waals surface area contributed by atoms with Crippen LogP contribution in [-0.2, 0) is 11.3 Å². The molecule has 1 aromatic heterocycles. The minimum Gasteiger partial charge on any atom is -0.338 e. The number of aryl methyl sites for hydroxylation is 2. The van der Waals surface area contributed by atoms with E-state index in [-0.39, 0.29) is 0 Å². The third-order valence-corrected chi connectivity index (χ3v) is 4.66. The number of rotatable bonds is 1. The lowest BCUT2D eigenvalue weighted by atomic mass is 10.1. The molecule has 1 aliphatic heterocycles. The van der Waals surface area contributed by atoms with Crippen molar-refractivity contribution in [2.24, 2.45) is 0 Å². The predicted octanol–water partition coefficient (Wildman–Crippen LogP) is 3.62. The third kappa shape index (κ3) is 2.60. The van der Waals surface area contributed by atoms with Crippen LogP contribution in [0.15, 0.2) is 16.6 Å². The number of imidazole rings is 1. The van der Waals surface area contributed by atoms with Gasteiger partial charge in [-0.3, -0.25) is 4.79 Å². The molecule has 0 saturated heterocycles. The van der Waals surface area contributed by atoms with Crippen molar-refractivity contribution in [3.05, 3.63) is 28.0 Å². The number of amides is 1. The molecule has 1 aromatic carbocycles. The number of carbonyl (C=O) groups is 1. The highest BCUT2D eigenvalue weighted by molar-refractivity contribution is 9.10. The second-order valence-corrected chi connectivity index (χ2v) is 6.23. The fourth-order valence-electron chi connectivity index (χ4n) is 2.73. The largest absolute Gasteiger partial charge is 0.471 e. The average molecular weight is 376 g/mol. The lowest BCUT2D eigenvalue weighted by Crippen LogP contribution is -2.41. The first kappa shape index (κ1) is 15.3. The molecular weight excluding hydrogens is 363 g/mol. The van der Waals surface area contributed by atoms with Crippen molar-refractivity contribution in [1.29, 1.82) is 0 Å². The summed E-state index contributed by atoms with van der Waals surface area (Å²) in [5, 5.41) is 2.05. The van der Waals surface area contributed by atoms with Gasteiger partial charge in [0, 0.05) is 11.0 Å². The van der Waals surface area contributed by atoms with Crippen LogP contribution < -0.4 is 5.32 Å². The Morgan fingerprint density at radius 2 is 2.18 bits per heavy atom. The van der Waals surface area contributed by atoms with Crippen molar-refractivity contribution in [2.75, 3.05) is 0 Å². The lowest BCUT2D eigenvalue weighted by Gasteiger charge is -2.25. The Morgan fingerprint density at radius 3 is 2.86 bits per heavy atom. The van der Waals surface area contributed by atoms with E-state index in [4.69, 9.17) is 0 Å². The molecule has 0 bridgehead atoms. The molecule has 2 aromatic rings. The van der Waals surface area contributed by atoms with Crippen molar-refractivity contribution in [3.8, 4) is 0 Å². The van der Waals surface area contributed by atoms with E-state index in [0.717, 1.165) is 15.6 Å². The molecule has 1 amide bonds. The molecule has 0 aliphatic carbocycles. The van der Waals surface area contributed by atoms with E-state index in [9.17, 15) is 18.0 Å². The average Bonchev–Trinajstić information content (AvgIpc) is 2.77. The Kier molecular flexibility index (Phi) is 3.66. The summed E-state index contributed by atoms with van der Waals surface area (Å²) in [7, 11) is 0. The fraction of sp³-hybridized carbons (Fsp3) is 0.429. The van der Waals surface area contributed by atoms with Gasteiger partial charge in [-0.05, 0) is 37.5 Å². The van der Waals surface area contributed by atoms with E-state index in [1.807, 2.05) is 28.9 Å². The zero-order chi connectivity index (χ0) is 16.1. The minimum absolute atomic E-state index is 0.450. The summed E-state index contributed by atoms with van der Waals surface area (Å²) in [5.41, 5.74) is 2.61. The molecule has 22 heavy (non-hydrogen) atoms. The van der Waals surface area contributed by atoms with Gasteiger partial charge in [0.1, 0.15) is 5.82 Å². The van der Waals surface area contributed by atoms with Gasteiger partial charge < -0.3 is 9.88 Å². The van der Waals surface area contributed by atoms with Gasteiger partial charge >= 0.3 is 12.1 Å². The maximum atomic E-state index is 12.4. The van der Waals surface area contributed by atoms with Crippen LogP contribution in [0.2, 0.25) is 0 Å². The van der Waals surface area contributed by atoms with Crippen molar-refractivity contribution in [1.82, 2.24) is 14.9 Å². The number of aromatic nitrogens is 2. The number of hydrogen-bond donors (Lipinski definition) is 1. The molecule has 8 heteroatoms. The van der Waals surface area contributed by atoms with Crippen LogP contribution >= 0.6 is 15.9 Å². The van der Waals surface area contributed by atoms with Crippen molar-refractivity contribution >= 4 is 32.9 Å². The maximum absolute atomic E-state index is 12.4. The summed E-state index contributed by atoms with van der Waals surface area (Å²) in [6, 6.07) is 3.08. The number of alkyl halides is 3. The first-order valence-electron chi connectivity index (χ1n) is 6.81. The molecule has 4 nitrogen and oxygen atoms in total. The minimum atomic E-state index is -4.88. The molecule has 0 radical (unpaired) electrons. The normalized spacial score (nSPS) is 18.3. The second-order valence-electron chi connectivity index (χ2n) is 5.38. The molecule has 1 N–H and O–H groups in total. The number of nitrogens with one attached hydrogen (secondary N) is 1. The second kappa shape index (κ2) is 5.26. The first-order valence-corrected chi connectivity index (χ1v) is 7.60. The van der Waals surface area contributed by atoms with Crippen LogP contribution in [0.4, 0.5) is 13.2 Å². The molecule has 0 unspecified atom stereocenters. The summed E-state index contributed by atoms with van der Waals surface area (Å²) in [5.74, 6) is -1.44. The molecule has 2 heterocycles. The van der Waals surface area contributed by atoms with Gasteiger partial charge in [-0.2, -0.15) is 13.2 Å². The molecule has 0 spiro atoms. The van der Waals surface area contributed by atoms with Crippen LogP contribution in [-0.4, -0.2) is 21.6 Å². The van der Waals surface area contributed by atoms with E-state index in [2.05, 4.69) is 20.9 Å². The summed E-state index contributed by atoms with van der Waals surface area (Å²) in [6.07, 6.45) is -3.74. The lowest BCUT2D eigenvalue weighted by molar-refractivity contribution is -0.174. The Labute approximate surface area is 132 Å². The number of nitrogens with zero attached hydrogens (tertiary/aromatic N) is 2. The Hall–Kier alpha value is -1.57. The Bertz CT molecular complexity index is 754. The highest BCUT2D eigenvalue weighted by atomic mass is 79.9. The monoisotopic (exact) mass is 375 g/mol. The number of halogens is 4. The molecule has 0 fully saturated rings. The first-order chi connectivity index (χ1) is 10.3. The Balaban J connectivity index is 2.02. The van der Waals surface area contributed by atoms with E-state index in [1.54, 1.807) is 0 Å². The van der Waals surface area contributed by atoms with E-state index < -0.39 is 18.1 Å². The number of benzene rings is 1. The van der Waals surface area contributed by atoms with E-state index in [1.165, 1.54) is 0 Å². The standard InChI is InChI=1S/C14H13BrF3N3O/c1-7-5-11-10(6-8(7)15)19-12-9(3-2-4-21(11)12)20-13(22)14(16,17)18/h5-6,9H,2-4H2,1H3,(H,20,22)/t9-/m1/s1. The number of carbonyl (C=O) groups excluding carboxylic acids is 1. The van der Waals surface area contributed by atoms with Crippen LogP contribution in [0.3, 0.4) is 0 Å². The van der Waals surface area contributed by atoms with Gasteiger partial charge in [-0.15, -0.1) is 0 Å². The van der Waals surface area contributed by atoms with Gasteiger partial charge in [0.05, 0.1) is 17.1 Å². The van der Waals surface area contributed by atoms with Crippen LogP contribution in [0.1, 0.15) is 30.3 Å². The zero-order valence-electron chi connectivity index (χ0n) is 11.7. The molecule has 3 rings (SSSR count). The van der Waals surface area contributed by atoms with Crippen LogP contribution in [0.5, 0.6) is 0 Å². The maximum Gasteiger partial charge on any atom is 0.471 e. The molecule has 1 atom stereocenters. The summed E-state index contributed by atoms with van der Waals surface area (Å²) < 4.78 is 40.1.